The Hall–Kier alpha value is -2.10. The van der Waals surface area contributed by atoms with Crippen LogP contribution in [0.3, 0.4) is 0 Å². The minimum absolute atomic E-state index is 0.0195. The molecule has 2 aromatic rings. The van der Waals surface area contributed by atoms with Crippen LogP contribution < -0.4 is 5.73 Å². The third kappa shape index (κ3) is 2.06. The van der Waals surface area contributed by atoms with Crippen molar-refractivity contribution in [2.24, 2.45) is 0 Å². The fraction of sp³-hybridized carbons (Fsp3) is 0.231. The predicted molar refractivity (Wildman–Crippen MR) is 65.8 cm³/mol. The molecule has 17 heavy (non-hydrogen) atoms. The molecular formula is C13H14N2O2. The molecule has 0 aliphatic rings. The van der Waals surface area contributed by atoms with E-state index < -0.39 is 0 Å². The van der Waals surface area contributed by atoms with E-state index in [0.717, 1.165) is 16.7 Å². The van der Waals surface area contributed by atoms with Gasteiger partial charge in [0, 0.05) is 12.5 Å². The standard InChI is InChI=1S/C13H14N2O2/c1-7-4-5-8(2)10(6-7)11-12(9(3)16)17-13(14)15-11/h4-6H,1-3H3,(H2,14,15). The van der Waals surface area contributed by atoms with E-state index in [0.29, 0.717) is 5.69 Å². The Morgan fingerprint density at radius 3 is 2.71 bits per heavy atom. The van der Waals surface area contributed by atoms with Gasteiger partial charge in [0.2, 0.25) is 0 Å². The minimum atomic E-state index is -0.176. The van der Waals surface area contributed by atoms with Crippen molar-refractivity contribution < 1.29 is 9.21 Å². The van der Waals surface area contributed by atoms with Crippen molar-refractivity contribution in [3.63, 3.8) is 0 Å². The van der Waals surface area contributed by atoms with Crippen molar-refractivity contribution >= 4 is 11.8 Å². The highest BCUT2D eigenvalue weighted by Crippen LogP contribution is 2.28. The lowest BCUT2D eigenvalue weighted by Crippen LogP contribution is -1.95. The number of benzene rings is 1. The topological polar surface area (TPSA) is 69.1 Å². The molecule has 1 aromatic heterocycles. The van der Waals surface area contributed by atoms with Crippen LogP contribution in [0.15, 0.2) is 22.6 Å². The Bertz CT molecular complexity index is 585. The first-order chi connectivity index (χ1) is 7.99. The second-order valence-corrected chi connectivity index (χ2v) is 4.10. The van der Waals surface area contributed by atoms with Gasteiger partial charge in [-0.1, -0.05) is 17.7 Å². The van der Waals surface area contributed by atoms with Gasteiger partial charge in [-0.25, -0.2) is 0 Å². The number of anilines is 1. The SMILES string of the molecule is CC(=O)c1oc(N)nc1-c1cc(C)ccc1C. The smallest absolute Gasteiger partial charge is 0.293 e. The zero-order chi connectivity index (χ0) is 12.6. The molecule has 0 bridgehead atoms. The molecule has 2 N–H and O–H groups in total. The Morgan fingerprint density at radius 1 is 1.35 bits per heavy atom. The van der Waals surface area contributed by atoms with E-state index in [-0.39, 0.29) is 17.6 Å². The van der Waals surface area contributed by atoms with Gasteiger partial charge in [-0.15, -0.1) is 0 Å². The number of nitrogens with zero attached hydrogens (tertiary/aromatic N) is 1. The van der Waals surface area contributed by atoms with E-state index in [1.165, 1.54) is 6.92 Å². The van der Waals surface area contributed by atoms with E-state index in [1.54, 1.807) is 0 Å². The largest absolute Gasteiger partial charge is 0.420 e. The van der Waals surface area contributed by atoms with Crippen LogP contribution >= 0.6 is 0 Å². The van der Waals surface area contributed by atoms with Gasteiger partial charge in [0.1, 0.15) is 5.69 Å². The van der Waals surface area contributed by atoms with Gasteiger partial charge >= 0.3 is 0 Å². The summed E-state index contributed by atoms with van der Waals surface area (Å²) in [7, 11) is 0. The van der Waals surface area contributed by atoms with Crippen molar-refractivity contribution in [1.82, 2.24) is 4.98 Å². The zero-order valence-corrected chi connectivity index (χ0v) is 10.1. The molecule has 0 radical (unpaired) electrons. The molecule has 88 valence electrons. The number of hydrogen-bond acceptors (Lipinski definition) is 4. The van der Waals surface area contributed by atoms with Gasteiger partial charge in [-0.3, -0.25) is 4.79 Å². The van der Waals surface area contributed by atoms with Crippen molar-refractivity contribution in [2.75, 3.05) is 5.73 Å². The molecule has 0 saturated heterocycles. The summed E-state index contributed by atoms with van der Waals surface area (Å²) in [5.41, 5.74) is 9.05. The third-order valence-corrected chi connectivity index (χ3v) is 2.61. The highest BCUT2D eigenvalue weighted by molar-refractivity contribution is 5.97. The third-order valence-electron chi connectivity index (χ3n) is 2.61. The lowest BCUT2D eigenvalue weighted by molar-refractivity contribution is 0.0989. The summed E-state index contributed by atoms with van der Waals surface area (Å²) in [6.45, 7) is 5.39. The quantitative estimate of drug-likeness (QED) is 0.805. The number of oxazole rings is 1. The molecule has 0 atom stereocenters. The van der Waals surface area contributed by atoms with Crippen molar-refractivity contribution in [3.8, 4) is 11.3 Å². The molecule has 0 aliphatic carbocycles. The lowest BCUT2D eigenvalue weighted by atomic mass is 10.0. The highest BCUT2D eigenvalue weighted by atomic mass is 16.4. The van der Waals surface area contributed by atoms with Crippen LogP contribution in [0.1, 0.15) is 28.6 Å². The Kier molecular flexibility index (Phi) is 2.71. The number of Topliss-reactive ketones (excluding diaryl/α,β-unsaturated/α-hetero) is 1. The summed E-state index contributed by atoms with van der Waals surface area (Å²) in [4.78, 5) is 15.6. The second kappa shape index (κ2) is 4.05. The molecule has 1 aromatic carbocycles. The van der Waals surface area contributed by atoms with Gasteiger partial charge in [0.05, 0.1) is 0 Å². The molecule has 0 amide bonds. The Balaban J connectivity index is 2.67. The summed E-state index contributed by atoms with van der Waals surface area (Å²) < 4.78 is 5.14. The first-order valence-corrected chi connectivity index (χ1v) is 5.34. The van der Waals surface area contributed by atoms with Crippen LogP contribution in [0.25, 0.3) is 11.3 Å². The number of nitrogens with two attached hydrogens (primary N) is 1. The van der Waals surface area contributed by atoms with Gasteiger partial charge in [0.25, 0.3) is 6.01 Å². The molecule has 0 aliphatic heterocycles. The van der Waals surface area contributed by atoms with E-state index in [9.17, 15) is 4.79 Å². The van der Waals surface area contributed by atoms with Crippen molar-refractivity contribution in [3.05, 3.63) is 35.1 Å². The van der Waals surface area contributed by atoms with Gasteiger partial charge in [-0.2, -0.15) is 4.98 Å². The predicted octanol–water partition coefficient (Wildman–Crippen LogP) is 2.74. The summed E-state index contributed by atoms with van der Waals surface area (Å²) in [6.07, 6.45) is 0. The number of ketones is 1. The fourth-order valence-electron chi connectivity index (χ4n) is 1.75. The van der Waals surface area contributed by atoms with Gasteiger partial charge in [-0.05, 0) is 25.5 Å². The van der Waals surface area contributed by atoms with Crippen LogP contribution in [0.5, 0.6) is 0 Å². The molecule has 2 rings (SSSR count). The Labute approximate surface area is 99.5 Å². The monoisotopic (exact) mass is 230 g/mol. The summed E-state index contributed by atoms with van der Waals surface area (Å²) in [5, 5.41) is 0. The maximum absolute atomic E-state index is 11.5. The summed E-state index contributed by atoms with van der Waals surface area (Å²) in [6, 6.07) is 5.99. The van der Waals surface area contributed by atoms with Crippen LogP contribution in [0, 0.1) is 13.8 Å². The van der Waals surface area contributed by atoms with Crippen molar-refractivity contribution in [1.29, 1.82) is 0 Å². The maximum atomic E-state index is 11.5. The van der Waals surface area contributed by atoms with E-state index in [2.05, 4.69) is 4.98 Å². The number of aromatic nitrogens is 1. The van der Waals surface area contributed by atoms with Crippen LogP contribution in [0.2, 0.25) is 0 Å². The maximum Gasteiger partial charge on any atom is 0.293 e. The number of carbonyl (C=O) groups is 1. The molecule has 0 fully saturated rings. The fourth-order valence-corrected chi connectivity index (χ4v) is 1.75. The first-order valence-electron chi connectivity index (χ1n) is 5.34. The summed E-state index contributed by atoms with van der Waals surface area (Å²) in [5.74, 6) is 0.0429. The van der Waals surface area contributed by atoms with E-state index >= 15 is 0 Å². The first kappa shape index (κ1) is 11.4. The zero-order valence-electron chi connectivity index (χ0n) is 10.1. The van der Waals surface area contributed by atoms with Gasteiger partial charge in [0.15, 0.2) is 11.5 Å². The number of nitrogen functional groups attached to an aromatic ring is 1. The van der Waals surface area contributed by atoms with Crippen LogP contribution in [-0.2, 0) is 0 Å². The number of rotatable bonds is 2. The molecule has 4 nitrogen and oxygen atoms in total. The van der Waals surface area contributed by atoms with E-state index in [1.807, 2.05) is 32.0 Å². The average molecular weight is 230 g/mol. The average Bonchev–Trinajstić information content (AvgIpc) is 2.64. The van der Waals surface area contributed by atoms with Gasteiger partial charge < -0.3 is 10.2 Å². The highest BCUT2D eigenvalue weighted by Gasteiger charge is 2.18. The summed E-state index contributed by atoms with van der Waals surface area (Å²) >= 11 is 0. The Morgan fingerprint density at radius 2 is 2.06 bits per heavy atom. The minimum Gasteiger partial charge on any atom is -0.420 e. The van der Waals surface area contributed by atoms with E-state index in [4.69, 9.17) is 10.2 Å². The molecule has 0 unspecified atom stereocenters. The molecular weight excluding hydrogens is 216 g/mol. The lowest BCUT2D eigenvalue weighted by Gasteiger charge is -2.04. The molecule has 4 heteroatoms. The molecule has 0 spiro atoms. The number of hydrogen-bond donors (Lipinski definition) is 1. The van der Waals surface area contributed by atoms with Crippen LogP contribution in [-0.4, -0.2) is 10.8 Å². The second-order valence-electron chi connectivity index (χ2n) is 4.10. The molecule has 1 heterocycles. The van der Waals surface area contributed by atoms with Crippen molar-refractivity contribution in [2.45, 2.75) is 20.8 Å². The normalized spacial score (nSPS) is 10.5. The van der Waals surface area contributed by atoms with Crippen LogP contribution in [0.4, 0.5) is 6.01 Å². The number of carbonyl (C=O) groups excluding carboxylic acids is 1. The number of aryl methyl sites for hydroxylation is 2. The molecule has 0 saturated carbocycles.